The maximum Gasteiger partial charge on any atom is 0.140 e. The standard InChI is InChI=1S/C34H33N4O.Pt/c1-21(2)22-10-15-27-29(19-22)38(32-9-7-8-18-35-32)30-20-23(11-16-28(30)37(27)6)26-14-12-24-25(34(3,4)5)13-17-31(39)33(24)36-26;/h7-19,21,39H,1-6H3;/q-1;/i3D3,4D3,5D3;. The monoisotopic (exact) mass is 717 g/mol. The molecule has 0 unspecified atom stereocenters. The first-order valence-corrected chi connectivity index (χ1v) is 12.7. The van der Waals surface area contributed by atoms with Crippen molar-refractivity contribution in [3.63, 3.8) is 0 Å². The third-order valence-electron chi connectivity index (χ3n) is 7.15. The van der Waals surface area contributed by atoms with Crippen LogP contribution in [0.3, 0.4) is 0 Å². The molecule has 40 heavy (non-hydrogen) atoms. The second-order valence-electron chi connectivity index (χ2n) is 10.1. The summed E-state index contributed by atoms with van der Waals surface area (Å²) in [5.74, 6) is 0.586. The van der Waals surface area contributed by atoms with E-state index >= 15 is 0 Å². The summed E-state index contributed by atoms with van der Waals surface area (Å²) in [5, 5.41) is 10.8. The van der Waals surface area contributed by atoms with E-state index in [1.807, 2.05) is 42.3 Å². The number of aromatic nitrogens is 2. The van der Waals surface area contributed by atoms with Gasteiger partial charge in [-0.3, -0.25) is 4.98 Å². The molecule has 0 fully saturated rings. The Morgan fingerprint density at radius 3 is 2.45 bits per heavy atom. The van der Waals surface area contributed by atoms with Crippen molar-refractivity contribution in [1.29, 1.82) is 0 Å². The number of nitrogens with zero attached hydrogens (tertiary/aromatic N) is 4. The first-order valence-electron chi connectivity index (χ1n) is 17.2. The number of hydrogen-bond acceptors (Lipinski definition) is 5. The average Bonchev–Trinajstić information content (AvgIpc) is 3.00. The molecule has 5 aromatic rings. The largest absolute Gasteiger partial charge is 0.506 e. The number of anilines is 5. The van der Waals surface area contributed by atoms with Gasteiger partial charge in [0, 0.05) is 52.0 Å². The molecule has 1 aliphatic heterocycles. The van der Waals surface area contributed by atoms with Gasteiger partial charge in [0.1, 0.15) is 17.1 Å². The molecule has 6 heteroatoms. The molecule has 1 N–H and O–H groups in total. The van der Waals surface area contributed by atoms with Gasteiger partial charge in [-0.15, -0.1) is 23.8 Å². The summed E-state index contributed by atoms with van der Waals surface area (Å²) in [4.78, 5) is 13.4. The third kappa shape index (κ3) is 4.67. The summed E-state index contributed by atoms with van der Waals surface area (Å²) in [7, 11) is 1.97. The minimum absolute atomic E-state index is 0. The fourth-order valence-electron chi connectivity index (χ4n) is 5.08. The molecule has 0 bridgehead atoms. The zero-order chi connectivity index (χ0) is 35.0. The maximum absolute atomic E-state index is 10.9. The minimum atomic E-state index is -3.47. The molecule has 0 spiro atoms. The Labute approximate surface area is 263 Å². The Bertz CT molecular complexity index is 1990. The van der Waals surface area contributed by atoms with E-state index in [1.54, 1.807) is 6.20 Å². The number of hydrogen-bond donors (Lipinski definition) is 1. The minimum Gasteiger partial charge on any atom is -0.506 e. The van der Waals surface area contributed by atoms with Gasteiger partial charge >= 0.3 is 0 Å². The molecule has 2 aromatic heterocycles. The summed E-state index contributed by atoms with van der Waals surface area (Å²) in [6.45, 7) is -6.15. The summed E-state index contributed by atoms with van der Waals surface area (Å²) < 4.78 is 73.7. The zero-order valence-corrected chi connectivity index (χ0v) is 24.4. The van der Waals surface area contributed by atoms with E-state index in [0.717, 1.165) is 34.8 Å². The van der Waals surface area contributed by atoms with Gasteiger partial charge in [0.25, 0.3) is 0 Å². The van der Waals surface area contributed by atoms with Crippen LogP contribution in [0.15, 0.2) is 79.0 Å². The van der Waals surface area contributed by atoms with E-state index < -0.39 is 31.5 Å². The van der Waals surface area contributed by atoms with E-state index in [2.05, 4.69) is 53.0 Å². The van der Waals surface area contributed by atoms with Crippen LogP contribution in [0.2, 0.25) is 0 Å². The van der Waals surface area contributed by atoms with Crippen molar-refractivity contribution in [3.8, 4) is 17.0 Å². The van der Waals surface area contributed by atoms with Crippen LogP contribution in [0.4, 0.5) is 28.6 Å². The smallest absolute Gasteiger partial charge is 0.140 e. The van der Waals surface area contributed by atoms with Crippen LogP contribution in [-0.4, -0.2) is 22.1 Å². The number of pyridine rings is 2. The summed E-state index contributed by atoms with van der Waals surface area (Å²) >= 11 is 0. The van der Waals surface area contributed by atoms with Crippen LogP contribution in [0.1, 0.15) is 63.8 Å². The van der Waals surface area contributed by atoms with Crippen molar-refractivity contribution in [1.82, 2.24) is 9.97 Å². The van der Waals surface area contributed by atoms with Crippen LogP contribution in [-0.2, 0) is 26.5 Å². The predicted octanol–water partition coefficient (Wildman–Crippen LogP) is 8.77. The van der Waals surface area contributed by atoms with Crippen LogP contribution in [0.5, 0.6) is 5.75 Å². The normalized spacial score (nSPS) is 17.1. The summed E-state index contributed by atoms with van der Waals surface area (Å²) in [6, 6.07) is 24.3. The first-order chi connectivity index (χ1) is 22.4. The molecule has 0 aliphatic carbocycles. The van der Waals surface area contributed by atoms with Gasteiger partial charge in [-0.1, -0.05) is 64.7 Å². The van der Waals surface area contributed by atoms with E-state index in [9.17, 15) is 5.11 Å². The SMILES string of the molecule is [2H]C([2H])([2H])C(c1ccc(O)c2nc(-c3[c-]c4c(cc3)N(C)c3ccc(C(C)C)cc3N4c3ccccn3)ccc12)(C([2H])([2H])[2H])C([2H])([2H])[2H].[Pt]. The van der Waals surface area contributed by atoms with Gasteiger partial charge < -0.3 is 14.9 Å². The summed E-state index contributed by atoms with van der Waals surface area (Å²) in [6.07, 6.45) is 1.71. The molecule has 1 aliphatic rings. The molecule has 3 aromatic carbocycles. The molecular weight excluding hydrogens is 675 g/mol. The Kier molecular flexibility index (Phi) is 4.83. The topological polar surface area (TPSA) is 52.5 Å². The van der Waals surface area contributed by atoms with Crippen molar-refractivity contribution < 1.29 is 38.5 Å². The van der Waals surface area contributed by atoms with Crippen LogP contribution in [0, 0.1) is 6.07 Å². The quantitative estimate of drug-likeness (QED) is 0.189. The second-order valence-corrected chi connectivity index (χ2v) is 10.1. The fraction of sp³-hybridized carbons (Fsp3) is 0.235. The Morgan fingerprint density at radius 2 is 1.73 bits per heavy atom. The molecule has 0 saturated carbocycles. The third-order valence-corrected chi connectivity index (χ3v) is 7.15. The first kappa shape index (κ1) is 18.6. The van der Waals surface area contributed by atoms with Crippen molar-refractivity contribution in [2.45, 2.75) is 45.7 Å². The second kappa shape index (κ2) is 10.4. The molecular formula is C34H33N4OPt-. The molecule has 206 valence electrons. The Morgan fingerprint density at radius 1 is 0.925 bits per heavy atom. The van der Waals surface area contributed by atoms with Gasteiger partial charge in [-0.2, -0.15) is 0 Å². The number of phenols is 1. The molecule has 0 amide bonds. The molecule has 3 heterocycles. The van der Waals surface area contributed by atoms with Crippen molar-refractivity contribution in [2.75, 3.05) is 16.8 Å². The van der Waals surface area contributed by atoms with Gasteiger partial charge in [-0.25, -0.2) is 4.98 Å². The maximum atomic E-state index is 10.9. The Balaban J connectivity index is 0.00000468. The van der Waals surface area contributed by atoms with Crippen molar-refractivity contribution in [2.24, 2.45) is 0 Å². The van der Waals surface area contributed by atoms with Gasteiger partial charge in [0.2, 0.25) is 0 Å². The van der Waals surface area contributed by atoms with Crippen LogP contribution < -0.4 is 9.80 Å². The molecule has 0 atom stereocenters. The Hall–Kier alpha value is -3.69. The van der Waals surface area contributed by atoms with E-state index in [1.165, 1.54) is 12.1 Å². The molecule has 0 radical (unpaired) electrons. The fourth-order valence-corrected chi connectivity index (χ4v) is 5.08. The number of aromatic hydroxyl groups is 1. The summed E-state index contributed by atoms with van der Waals surface area (Å²) in [5.41, 5.74) is 1.56. The predicted molar refractivity (Wildman–Crippen MR) is 161 cm³/mol. The van der Waals surface area contributed by atoms with Crippen LogP contribution >= 0.6 is 0 Å². The number of fused-ring (bicyclic) bond motifs is 3. The number of rotatable bonds is 3. The number of benzene rings is 3. The number of phenolic OH excluding ortho intramolecular Hbond substituents is 1. The van der Waals surface area contributed by atoms with Crippen molar-refractivity contribution >= 4 is 39.5 Å². The van der Waals surface area contributed by atoms with Crippen LogP contribution in [0.25, 0.3) is 22.2 Å². The van der Waals surface area contributed by atoms with E-state index in [-0.39, 0.29) is 43.6 Å². The van der Waals surface area contributed by atoms with Gasteiger partial charge in [0.15, 0.2) is 0 Å². The molecule has 6 rings (SSSR count). The molecule has 5 nitrogen and oxygen atoms in total. The molecule has 0 saturated heterocycles. The van der Waals surface area contributed by atoms with Gasteiger partial charge in [-0.05, 0) is 69.9 Å². The average molecular weight is 718 g/mol. The van der Waals surface area contributed by atoms with Crippen molar-refractivity contribution in [3.05, 3.63) is 96.2 Å². The van der Waals surface area contributed by atoms with E-state index in [0.29, 0.717) is 22.8 Å². The van der Waals surface area contributed by atoms with Gasteiger partial charge in [0.05, 0.1) is 11.4 Å². The zero-order valence-electron chi connectivity index (χ0n) is 31.1. The van der Waals surface area contributed by atoms with E-state index in [4.69, 9.17) is 12.3 Å².